The number of nitrogens with one attached hydrogen (secondary N) is 1. The van der Waals surface area contributed by atoms with Gasteiger partial charge in [-0.25, -0.2) is 4.39 Å². The standard InChI is InChI=1S/C11H8BrF4NO3/c12-5-1-2-7(13)6(3-5)8(4-9(18)19)17-10(20)11(14,15)16/h1-3,8H,4H2,(H,17,20)(H,18,19)/t8-/m0/s1. The normalized spacial score (nSPS) is 12.8. The lowest BCUT2D eigenvalue weighted by Gasteiger charge is -2.19. The van der Waals surface area contributed by atoms with Crippen LogP contribution in [0.25, 0.3) is 0 Å². The van der Waals surface area contributed by atoms with E-state index in [-0.39, 0.29) is 5.56 Å². The highest BCUT2D eigenvalue weighted by Gasteiger charge is 2.40. The average Bonchev–Trinajstić information content (AvgIpc) is 2.29. The minimum atomic E-state index is -5.18. The van der Waals surface area contributed by atoms with E-state index in [1.54, 1.807) is 0 Å². The summed E-state index contributed by atoms with van der Waals surface area (Å²) < 4.78 is 50.4. The van der Waals surface area contributed by atoms with Crippen LogP contribution in [0.15, 0.2) is 22.7 Å². The van der Waals surface area contributed by atoms with Gasteiger partial charge in [0.2, 0.25) is 0 Å². The zero-order valence-electron chi connectivity index (χ0n) is 9.67. The van der Waals surface area contributed by atoms with Crippen molar-refractivity contribution in [1.29, 1.82) is 0 Å². The third-order valence-corrected chi connectivity index (χ3v) is 2.77. The van der Waals surface area contributed by atoms with Gasteiger partial charge in [-0.2, -0.15) is 13.2 Å². The van der Waals surface area contributed by atoms with Crippen LogP contribution in [-0.2, 0) is 9.59 Å². The van der Waals surface area contributed by atoms with Gasteiger partial charge in [-0.1, -0.05) is 15.9 Å². The number of aliphatic carboxylic acids is 1. The Hall–Kier alpha value is -1.64. The fraction of sp³-hybridized carbons (Fsp3) is 0.273. The van der Waals surface area contributed by atoms with E-state index in [0.29, 0.717) is 4.47 Å². The van der Waals surface area contributed by atoms with Crippen molar-refractivity contribution in [3.63, 3.8) is 0 Å². The Labute approximate surface area is 118 Å². The van der Waals surface area contributed by atoms with E-state index < -0.39 is 36.3 Å². The molecule has 1 aromatic rings. The number of carboxylic acid groups (broad SMARTS) is 1. The number of benzene rings is 1. The van der Waals surface area contributed by atoms with Gasteiger partial charge in [-0.15, -0.1) is 0 Å². The lowest BCUT2D eigenvalue weighted by Crippen LogP contribution is -2.40. The highest BCUT2D eigenvalue weighted by atomic mass is 79.9. The summed E-state index contributed by atoms with van der Waals surface area (Å²) in [5, 5.41) is 10.1. The number of halogens is 5. The summed E-state index contributed by atoms with van der Waals surface area (Å²) in [6, 6.07) is 1.73. The Morgan fingerprint density at radius 1 is 1.35 bits per heavy atom. The molecule has 1 amide bonds. The van der Waals surface area contributed by atoms with Gasteiger partial charge in [0, 0.05) is 10.0 Å². The number of carbonyl (C=O) groups is 2. The molecular formula is C11H8BrF4NO3. The molecule has 0 radical (unpaired) electrons. The summed E-state index contributed by atoms with van der Waals surface area (Å²) in [6.07, 6.45) is -6.06. The molecule has 0 fully saturated rings. The third kappa shape index (κ3) is 4.48. The smallest absolute Gasteiger partial charge is 0.471 e. The van der Waals surface area contributed by atoms with Crippen molar-refractivity contribution in [2.45, 2.75) is 18.6 Å². The summed E-state index contributed by atoms with van der Waals surface area (Å²) in [6.45, 7) is 0. The second-order valence-electron chi connectivity index (χ2n) is 3.79. The maximum Gasteiger partial charge on any atom is 0.471 e. The molecule has 0 saturated carbocycles. The van der Waals surface area contributed by atoms with E-state index in [9.17, 15) is 27.2 Å². The fourth-order valence-electron chi connectivity index (χ4n) is 1.44. The van der Waals surface area contributed by atoms with Crippen molar-refractivity contribution in [3.05, 3.63) is 34.1 Å². The Morgan fingerprint density at radius 2 is 1.95 bits per heavy atom. The van der Waals surface area contributed by atoms with Crippen molar-refractivity contribution < 1.29 is 32.3 Å². The fourth-order valence-corrected chi connectivity index (χ4v) is 1.81. The molecule has 0 aromatic heterocycles. The number of carboxylic acids is 1. The summed E-state index contributed by atoms with van der Waals surface area (Å²) in [5.74, 6) is -4.72. The number of alkyl halides is 3. The largest absolute Gasteiger partial charge is 0.481 e. The zero-order valence-corrected chi connectivity index (χ0v) is 11.3. The molecule has 110 valence electrons. The number of amides is 1. The van der Waals surface area contributed by atoms with Crippen molar-refractivity contribution in [2.24, 2.45) is 0 Å². The van der Waals surface area contributed by atoms with Crippen LogP contribution in [0.2, 0.25) is 0 Å². The lowest BCUT2D eigenvalue weighted by atomic mass is 10.0. The second kappa shape index (κ2) is 6.21. The predicted octanol–water partition coefficient (Wildman–Crippen LogP) is 2.78. The van der Waals surface area contributed by atoms with Crippen LogP contribution in [0, 0.1) is 5.82 Å². The van der Waals surface area contributed by atoms with Crippen LogP contribution >= 0.6 is 15.9 Å². The van der Waals surface area contributed by atoms with E-state index in [4.69, 9.17) is 5.11 Å². The zero-order chi connectivity index (χ0) is 15.5. The Bertz CT molecular complexity index is 533. The molecular weight excluding hydrogens is 350 g/mol. The molecule has 0 saturated heterocycles. The van der Waals surface area contributed by atoms with E-state index in [0.717, 1.165) is 12.1 Å². The van der Waals surface area contributed by atoms with Crippen LogP contribution in [0.5, 0.6) is 0 Å². The minimum absolute atomic E-state index is 0.338. The third-order valence-electron chi connectivity index (χ3n) is 2.27. The molecule has 4 nitrogen and oxygen atoms in total. The molecule has 1 rings (SSSR count). The molecule has 1 aromatic carbocycles. The van der Waals surface area contributed by atoms with Crippen LogP contribution in [0.1, 0.15) is 18.0 Å². The Kier molecular flexibility index (Phi) is 5.09. The van der Waals surface area contributed by atoms with Crippen molar-refractivity contribution in [3.8, 4) is 0 Å². The highest BCUT2D eigenvalue weighted by molar-refractivity contribution is 9.10. The molecule has 0 bridgehead atoms. The van der Waals surface area contributed by atoms with Gasteiger partial charge < -0.3 is 10.4 Å². The van der Waals surface area contributed by atoms with Crippen LogP contribution < -0.4 is 5.32 Å². The maximum absolute atomic E-state index is 13.6. The van der Waals surface area contributed by atoms with Crippen LogP contribution in [0.3, 0.4) is 0 Å². The maximum atomic E-state index is 13.6. The highest BCUT2D eigenvalue weighted by Crippen LogP contribution is 2.26. The van der Waals surface area contributed by atoms with Crippen molar-refractivity contribution >= 4 is 27.8 Å². The number of hydrogen-bond acceptors (Lipinski definition) is 2. The van der Waals surface area contributed by atoms with Gasteiger partial charge in [0.05, 0.1) is 12.5 Å². The first-order valence-electron chi connectivity index (χ1n) is 5.15. The van der Waals surface area contributed by atoms with Gasteiger partial charge in [-0.05, 0) is 18.2 Å². The number of hydrogen-bond donors (Lipinski definition) is 2. The summed E-state index contributed by atoms with van der Waals surface area (Å²) in [4.78, 5) is 21.5. The molecule has 2 N–H and O–H groups in total. The Balaban J connectivity index is 3.09. The topological polar surface area (TPSA) is 66.4 Å². The first-order chi connectivity index (χ1) is 9.11. The van der Waals surface area contributed by atoms with Gasteiger partial charge in [-0.3, -0.25) is 9.59 Å². The van der Waals surface area contributed by atoms with E-state index >= 15 is 0 Å². The van der Waals surface area contributed by atoms with Crippen molar-refractivity contribution in [1.82, 2.24) is 5.32 Å². The first kappa shape index (κ1) is 16.4. The molecule has 1 atom stereocenters. The van der Waals surface area contributed by atoms with E-state index in [1.807, 2.05) is 0 Å². The van der Waals surface area contributed by atoms with Gasteiger partial charge >= 0.3 is 18.1 Å². The molecule has 20 heavy (non-hydrogen) atoms. The molecule has 0 aliphatic rings. The number of carbonyl (C=O) groups excluding carboxylic acids is 1. The monoisotopic (exact) mass is 357 g/mol. The average molecular weight is 358 g/mol. The second-order valence-corrected chi connectivity index (χ2v) is 4.70. The number of rotatable bonds is 4. The lowest BCUT2D eigenvalue weighted by molar-refractivity contribution is -0.174. The molecule has 0 aliphatic carbocycles. The van der Waals surface area contributed by atoms with Crippen LogP contribution in [0.4, 0.5) is 17.6 Å². The predicted molar refractivity (Wildman–Crippen MR) is 63.3 cm³/mol. The van der Waals surface area contributed by atoms with Gasteiger partial charge in [0.15, 0.2) is 0 Å². The molecule has 0 spiro atoms. The summed E-state index contributed by atoms with van der Waals surface area (Å²) in [5.41, 5.74) is -0.348. The van der Waals surface area contributed by atoms with E-state index in [2.05, 4.69) is 15.9 Å². The summed E-state index contributed by atoms with van der Waals surface area (Å²) in [7, 11) is 0. The quantitative estimate of drug-likeness (QED) is 0.814. The van der Waals surface area contributed by atoms with Gasteiger partial charge in [0.1, 0.15) is 5.82 Å². The minimum Gasteiger partial charge on any atom is -0.481 e. The SMILES string of the molecule is O=C(O)C[C@H](NC(=O)C(F)(F)F)c1cc(Br)ccc1F. The Morgan fingerprint density at radius 3 is 2.45 bits per heavy atom. The van der Waals surface area contributed by atoms with Crippen molar-refractivity contribution in [2.75, 3.05) is 0 Å². The van der Waals surface area contributed by atoms with E-state index in [1.165, 1.54) is 11.4 Å². The molecule has 0 heterocycles. The molecule has 9 heteroatoms. The summed E-state index contributed by atoms with van der Waals surface area (Å²) >= 11 is 2.99. The van der Waals surface area contributed by atoms with Gasteiger partial charge in [0.25, 0.3) is 0 Å². The molecule has 0 aliphatic heterocycles. The molecule has 0 unspecified atom stereocenters. The van der Waals surface area contributed by atoms with Crippen LogP contribution in [-0.4, -0.2) is 23.2 Å². The first-order valence-corrected chi connectivity index (χ1v) is 5.95.